The fraction of sp³-hybridized carbons (Fsp3) is 0.400. The van der Waals surface area contributed by atoms with Crippen molar-refractivity contribution in [1.29, 1.82) is 0 Å². The van der Waals surface area contributed by atoms with E-state index < -0.39 is 11.0 Å². The topological polar surface area (TPSA) is 72.6 Å². The molecule has 0 aromatic heterocycles. The van der Waals surface area contributed by atoms with Gasteiger partial charge in [-0.3, -0.25) is 15.4 Å². The first kappa shape index (κ1) is 11.6. The molecule has 1 aromatic rings. The quantitative estimate of drug-likeness (QED) is 0.442. The smallest absolute Gasteiger partial charge is 0.232 e. The van der Waals surface area contributed by atoms with Crippen LogP contribution < -0.4 is 0 Å². The standard InChI is InChI=1S/C10H13NO4/c12-11(13)8-10(15-14)7-6-9-4-2-1-3-5-9/h1-5,10,14H,6-8H2/t10-/m1/s1. The van der Waals surface area contributed by atoms with Gasteiger partial charge in [0.2, 0.25) is 6.54 Å². The van der Waals surface area contributed by atoms with Gasteiger partial charge in [-0.1, -0.05) is 30.3 Å². The highest BCUT2D eigenvalue weighted by atomic mass is 17.1. The molecule has 5 nitrogen and oxygen atoms in total. The zero-order chi connectivity index (χ0) is 11.1. The van der Waals surface area contributed by atoms with E-state index in [0.717, 1.165) is 5.56 Å². The Labute approximate surface area is 87.4 Å². The molecule has 5 heteroatoms. The van der Waals surface area contributed by atoms with Gasteiger partial charge in [0, 0.05) is 4.92 Å². The molecule has 1 rings (SSSR count). The molecule has 0 radical (unpaired) electrons. The molecule has 0 aliphatic carbocycles. The Hall–Kier alpha value is -1.46. The van der Waals surface area contributed by atoms with Gasteiger partial charge in [0.15, 0.2) is 6.10 Å². The summed E-state index contributed by atoms with van der Waals surface area (Å²) in [6, 6.07) is 9.57. The molecular weight excluding hydrogens is 198 g/mol. The Morgan fingerprint density at radius 3 is 2.60 bits per heavy atom. The van der Waals surface area contributed by atoms with Crippen LogP contribution in [-0.4, -0.2) is 22.8 Å². The number of rotatable bonds is 6. The first-order valence-electron chi connectivity index (χ1n) is 4.68. The maximum absolute atomic E-state index is 10.2. The average molecular weight is 211 g/mol. The number of benzene rings is 1. The molecule has 0 heterocycles. The van der Waals surface area contributed by atoms with Crippen molar-refractivity contribution >= 4 is 0 Å². The van der Waals surface area contributed by atoms with Gasteiger partial charge in [0.25, 0.3) is 0 Å². The number of nitro groups is 1. The van der Waals surface area contributed by atoms with E-state index in [-0.39, 0.29) is 6.54 Å². The highest BCUT2D eigenvalue weighted by Gasteiger charge is 2.15. The third-order valence-electron chi connectivity index (χ3n) is 2.10. The normalized spacial score (nSPS) is 12.3. The molecule has 15 heavy (non-hydrogen) atoms. The predicted molar refractivity (Wildman–Crippen MR) is 54.1 cm³/mol. The highest BCUT2D eigenvalue weighted by molar-refractivity contribution is 5.14. The van der Waals surface area contributed by atoms with Gasteiger partial charge in [0.05, 0.1) is 0 Å². The Morgan fingerprint density at radius 1 is 1.40 bits per heavy atom. The minimum atomic E-state index is -0.736. The van der Waals surface area contributed by atoms with E-state index in [1.807, 2.05) is 30.3 Å². The zero-order valence-electron chi connectivity index (χ0n) is 8.20. The second kappa shape index (κ2) is 6.10. The van der Waals surface area contributed by atoms with Crippen LogP contribution in [0.2, 0.25) is 0 Å². The summed E-state index contributed by atoms with van der Waals surface area (Å²) >= 11 is 0. The summed E-state index contributed by atoms with van der Waals surface area (Å²) in [7, 11) is 0. The van der Waals surface area contributed by atoms with E-state index in [9.17, 15) is 10.1 Å². The SMILES string of the molecule is O=[N+]([O-])C[C@@H](CCc1ccccc1)OO. The molecule has 1 N–H and O–H groups in total. The molecule has 0 aliphatic rings. The van der Waals surface area contributed by atoms with E-state index in [2.05, 4.69) is 4.89 Å². The molecular formula is C10H13NO4. The van der Waals surface area contributed by atoms with Crippen molar-refractivity contribution in [2.75, 3.05) is 6.54 Å². The van der Waals surface area contributed by atoms with Crippen LogP contribution >= 0.6 is 0 Å². The number of hydrogen-bond donors (Lipinski definition) is 1. The van der Waals surface area contributed by atoms with Crippen LogP contribution in [0.15, 0.2) is 30.3 Å². The van der Waals surface area contributed by atoms with Crippen LogP contribution in [0.5, 0.6) is 0 Å². The molecule has 0 fully saturated rings. The molecule has 0 aliphatic heterocycles. The number of hydrogen-bond acceptors (Lipinski definition) is 4. The fourth-order valence-electron chi connectivity index (χ4n) is 1.32. The van der Waals surface area contributed by atoms with E-state index in [4.69, 9.17) is 5.26 Å². The van der Waals surface area contributed by atoms with Crippen LogP contribution in [0, 0.1) is 10.1 Å². The van der Waals surface area contributed by atoms with Gasteiger partial charge < -0.3 is 0 Å². The monoisotopic (exact) mass is 211 g/mol. The molecule has 1 aromatic carbocycles. The number of nitrogens with zero attached hydrogens (tertiary/aromatic N) is 1. The largest absolute Gasteiger partial charge is 0.264 e. The van der Waals surface area contributed by atoms with Crippen molar-refractivity contribution in [2.45, 2.75) is 18.9 Å². The van der Waals surface area contributed by atoms with Crippen molar-refractivity contribution in [3.63, 3.8) is 0 Å². The molecule has 0 spiro atoms. The van der Waals surface area contributed by atoms with Gasteiger partial charge in [-0.25, -0.2) is 4.89 Å². The van der Waals surface area contributed by atoms with Gasteiger partial charge in [0.1, 0.15) is 0 Å². The van der Waals surface area contributed by atoms with Crippen molar-refractivity contribution in [1.82, 2.24) is 0 Å². The maximum atomic E-state index is 10.2. The summed E-state index contributed by atoms with van der Waals surface area (Å²) < 4.78 is 0. The summed E-state index contributed by atoms with van der Waals surface area (Å²) in [4.78, 5) is 13.7. The molecule has 0 amide bonds. The minimum absolute atomic E-state index is 0.372. The third-order valence-corrected chi connectivity index (χ3v) is 2.10. The van der Waals surface area contributed by atoms with Gasteiger partial charge >= 0.3 is 0 Å². The second-order valence-corrected chi connectivity index (χ2v) is 3.27. The average Bonchev–Trinajstić information content (AvgIpc) is 2.25. The first-order chi connectivity index (χ1) is 7.22. The molecule has 0 unspecified atom stereocenters. The Bertz CT molecular complexity index is 302. The fourth-order valence-corrected chi connectivity index (χ4v) is 1.32. The van der Waals surface area contributed by atoms with Crippen LogP contribution in [0.25, 0.3) is 0 Å². The number of aryl methyl sites for hydroxylation is 1. The summed E-state index contributed by atoms with van der Waals surface area (Å²) in [5.41, 5.74) is 1.07. The van der Waals surface area contributed by atoms with Crippen molar-refractivity contribution in [3.8, 4) is 0 Å². The molecule has 0 saturated carbocycles. The predicted octanol–water partition coefficient (Wildman–Crippen LogP) is 1.75. The summed E-state index contributed by atoms with van der Waals surface area (Å²) in [5.74, 6) is 0. The molecule has 82 valence electrons. The Balaban J connectivity index is 2.37. The summed E-state index contributed by atoms with van der Waals surface area (Å²) in [6.07, 6.45) is 0.349. The summed E-state index contributed by atoms with van der Waals surface area (Å²) in [6.45, 7) is -0.372. The first-order valence-corrected chi connectivity index (χ1v) is 4.68. The van der Waals surface area contributed by atoms with Crippen molar-refractivity contribution in [3.05, 3.63) is 46.0 Å². The van der Waals surface area contributed by atoms with E-state index in [1.165, 1.54) is 0 Å². The Kier molecular flexibility index (Phi) is 4.73. The lowest BCUT2D eigenvalue weighted by atomic mass is 10.1. The van der Waals surface area contributed by atoms with E-state index >= 15 is 0 Å². The Morgan fingerprint density at radius 2 is 2.07 bits per heavy atom. The van der Waals surface area contributed by atoms with Crippen LogP contribution in [0.1, 0.15) is 12.0 Å². The van der Waals surface area contributed by atoms with Crippen LogP contribution in [0.3, 0.4) is 0 Å². The van der Waals surface area contributed by atoms with E-state index in [1.54, 1.807) is 0 Å². The van der Waals surface area contributed by atoms with Gasteiger partial charge in [-0.15, -0.1) is 0 Å². The lowest BCUT2D eigenvalue weighted by Gasteiger charge is -2.08. The third kappa shape index (κ3) is 4.53. The van der Waals surface area contributed by atoms with Gasteiger partial charge in [-0.05, 0) is 18.4 Å². The van der Waals surface area contributed by atoms with Crippen LogP contribution in [0.4, 0.5) is 0 Å². The van der Waals surface area contributed by atoms with Crippen molar-refractivity contribution in [2.24, 2.45) is 0 Å². The van der Waals surface area contributed by atoms with Crippen LogP contribution in [-0.2, 0) is 11.3 Å². The van der Waals surface area contributed by atoms with E-state index in [0.29, 0.717) is 12.8 Å². The summed E-state index contributed by atoms with van der Waals surface area (Å²) in [5, 5.41) is 18.6. The maximum Gasteiger partial charge on any atom is 0.232 e. The highest BCUT2D eigenvalue weighted by Crippen LogP contribution is 2.06. The van der Waals surface area contributed by atoms with Gasteiger partial charge in [-0.2, -0.15) is 0 Å². The van der Waals surface area contributed by atoms with Crippen molar-refractivity contribution < 1.29 is 15.1 Å². The molecule has 0 saturated heterocycles. The zero-order valence-corrected chi connectivity index (χ0v) is 8.20. The molecule has 0 bridgehead atoms. The lowest BCUT2D eigenvalue weighted by Crippen LogP contribution is -2.22. The lowest BCUT2D eigenvalue weighted by molar-refractivity contribution is -0.503. The molecule has 1 atom stereocenters. The second-order valence-electron chi connectivity index (χ2n) is 3.27. The minimum Gasteiger partial charge on any atom is -0.264 e.